The molecule has 6 heteroatoms. The van der Waals surface area contributed by atoms with Crippen LogP contribution in [-0.4, -0.2) is 36.1 Å². The van der Waals surface area contributed by atoms with Crippen LogP contribution in [0.3, 0.4) is 0 Å². The summed E-state index contributed by atoms with van der Waals surface area (Å²) < 4.78 is 11.4. The van der Waals surface area contributed by atoms with E-state index in [-0.39, 0.29) is 18.3 Å². The Morgan fingerprint density at radius 1 is 1.12 bits per heavy atom. The number of hydrogen-bond acceptors (Lipinski definition) is 4. The second kappa shape index (κ2) is 8.28. The summed E-state index contributed by atoms with van der Waals surface area (Å²) in [5.41, 5.74) is 8.09. The molecular formula is C19H29ClN2O3. The van der Waals surface area contributed by atoms with Crippen molar-refractivity contribution in [1.29, 1.82) is 0 Å². The summed E-state index contributed by atoms with van der Waals surface area (Å²) in [6.45, 7) is 6.47. The maximum Gasteiger partial charge on any atom is 0.242 e. The number of nitrogens with two attached hydrogens (primary N) is 1. The van der Waals surface area contributed by atoms with Crippen molar-refractivity contribution in [2.24, 2.45) is 5.73 Å². The molecule has 1 amide bonds. The molecule has 25 heavy (non-hydrogen) atoms. The predicted molar refractivity (Wildman–Crippen MR) is 101 cm³/mol. The van der Waals surface area contributed by atoms with E-state index in [1.807, 2.05) is 24.8 Å². The molecule has 1 aliphatic carbocycles. The predicted octanol–water partition coefficient (Wildman–Crippen LogP) is 3.06. The number of halogens is 1. The van der Waals surface area contributed by atoms with Gasteiger partial charge in [-0.15, -0.1) is 12.4 Å². The molecule has 0 bridgehead atoms. The first-order valence-electron chi connectivity index (χ1n) is 9.07. The Kier molecular flexibility index (Phi) is 6.58. The van der Waals surface area contributed by atoms with Crippen LogP contribution in [0.2, 0.25) is 0 Å². The summed E-state index contributed by atoms with van der Waals surface area (Å²) in [5, 5.41) is 0. The number of hydrogen-bond donors (Lipinski definition) is 1. The SMILES string of the molecule is CCOc1cc2c(cc1OCC)CN(C(=O)C1(N)CCCC1)CC2.Cl. The fourth-order valence-electron chi connectivity index (χ4n) is 3.81. The van der Waals surface area contributed by atoms with Gasteiger partial charge in [0.25, 0.3) is 0 Å². The van der Waals surface area contributed by atoms with Gasteiger partial charge in [-0.2, -0.15) is 0 Å². The minimum atomic E-state index is -0.647. The average molecular weight is 369 g/mol. The van der Waals surface area contributed by atoms with E-state index < -0.39 is 5.54 Å². The van der Waals surface area contributed by atoms with Gasteiger partial charge in [0.15, 0.2) is 11.5 Å². The fourth-order valence-corrected chi connectivity index (χ4v) is 3.81. The molecule has 2 aliphatic rings. The van der Waals surface area contributed by atoms with Crippen molar-refractivity contribution in [3.8, 4) is 11.5 Å². The van der Waals surface area contributed by atoms with Crippen molar-refractivity contribution in [2.75, 3.05) is 19.8 Å². The third-order valence-electron chi connectivity index (χ3n) is 5.09. The zero-order valence-corrected chi connectivity index (χ0v) is 16.0. The Bertz CT molecular complexity index is 615. The lowest BCUT2D eigenvalue weighted by atomic mass is 9.93. The van der Waals surface area contributed by atoms with Gasteiger partial charge in [0.2, 0.25) is 5.91 Å². The van der Waals surface area contributed by atoms with Gasteiger partial charge in [-0.3, -0.25) is 4.79 Å². The van der Waals surface area contributed by atoms with E-state index in [0.717, 1.165) is 55.7 Å². The Hall–Kier alpha value is -1.46. The van der Waals surface area contributed by atoms with Crippen LogP contribution in [0, 0.1) is 0 Å². The van der Waals surface area contributed by atoms with Crippen molar-refractivity contribution < 1.29 is 14.3 Å². The summed E-state index contributed by atoms with van der Waals surface area (Å²) in [6, 6.07) is 4.10. The highest BCUT2D eigenvalue weighted by molar-refractivity contribution is 5.86. The Morgan fingerprint density at radius 3 is 2.24 bits per heavy atom. The van der Waals surface area contributed by atoms with E-state index in [9.17, 15) is 4.79 Å². The summed E-state index contributed by atoms with van der Waals surface area (Å²) in [7, 11) is 0. The molecule has 0 spiro atoms. The lowest BCUT2D eigenvalue weighted by Crippen LogP contribution is -2.54. The van der Waals surface area contributed by atoms with Crippen LogP contribution < -0.4 is 15.2 Å². The third-order valence-corrected chi connectivity index (χ3v) is 5.09. The number of rotatable bonds is 5. The number of carbonyl (C=O) groups excluding carboxylic acids is 1. The molecule has 140 valence electrons. The molecule has 5 nitrogen and oxygen atoms in total. The maximum atomic E-state index is 12.9. The lowest BCUT2D eigenvalue weighted by molar-refractivity contribution is -0.137. The number of benzene rings is 1. The lowest BCUT2D eigenvalue weighted by Gasteiger charge is -2.35. The number of fused-ring (bicyclic) bond motifs is 1. The monoisotopic (exact) mass is 368 g/mol. The fraction of sp³-hybridized carbons (Fsp3) is 0.632. The first-order valence-corrected chi connectivity index (χ1v) is 9.07. The molecule has 2 N–H and O–H groups in total. The van der Waals surface area contributed by atoms with E-state index in [2.05, 4.69) is 6.07 Å². The Labute approximate surface area is 156 Å². The van der Waals surface area contributed by atoms with E-state index in [1.54, 1.807) is 0 Å². The van der Waals surface area contributed by atoms with E-state index >= 15 is 0 Å². The van der Waals surface area contributed by atoms with Gasteiger partial charge < -0.3 is 20.1 Å². The Morgan fingerprint density at radius 2 is 1.68 bits per heavy atom. The molecule has 1 fully saturated rings. The standard InChI is InChI=1S/C19H28N2O3.ClH/c1-3-23-16-11-14-7-10-21(13-15(14)12-17(16)24-4-2)18(22)19(20)8-5-6-9-19;/h11-12H,3-10,13,20H2,1-2H3;1H. The van der Waals surface area contributed by atoms with Gasteiger partial charge in [0.05, 0.1) is 18.8 Å². The molecule has 0 unspecified atom stereocenters. The molecular weight excluding hydrogens is 340 g/mol. The minimum Gasteiger partial charge on any atom is -0.490 e. The van der Waals surface area contributed by atoms with Crippen molar-refractivity contribution in [3.05, 3.63) is 23.3 Å². The summed E-state index contributed by atoms with van der Waals surface area (Å²) in [5.74, 6) is 1.66. The highest BCUT2D eigenvalue weighted by Crippen LogP contribution is 2.35. The highest BCUT2D eigenvalue weighted by atomic mass is 35.5. The molecule has 0 atom stereocenters. The van der Waals surface area contributed by atoms with Crippen LogP contribution in [0.25, 0.3) is 0 Å². The maximum absolute atomic E-state index is 12.9. The van der Waals surface area contributed by atoms with Gasteiger partial charge >= 0.3 is 0 Å². The zero-order valence-electron chi connectivity index (χ0n) is 15.2. The molecule has 0 radical (unpaired) electrons. The number of nitrogens with zero attached hydrogens (tertiary/aromatic N) is 1. The first kappa shape index (κ1) is 19.9. The number of carbonyl (C=O) groups is 1. The zero-order chi connectivity index (χ0) is 17.2. The van der Waals surface area contributed by atoms with Gasteiger partial charge in [-0.1, -0.05) is 12.8 Å². The van der Waals surface area contributed by atoms with E-state index in [1.165, 1.54) is 5.56 Å². The minimum absolute atomic E-state index is 0. The van der Waals surface area contributed by atoms with Crippen LogP contribution in [0.15, 0.2) is 12.1 Å². The average Bonchev–Trinajstić information content (AvgIpc) is 3.03. The van der Waals surface area contributed by atoms with Crippen LogP contribution in [0.1, 0.15) is 50.7 Å². The Balaban J connectivity index is 0.00000225. The molecule has 0 saturated heterocycles. The second-order valence-electron chi connectivity index (χ2n) is 6.77. The van der Waals surface area contributed by atoms with Gasteiger partial charge in [-0.05, 0) is 56.4 Å². The summed E-state index contributed by atoms with van der Waals surface area (Å²) >= 11 is 0. The van der Waals surface area contributed by atoms with Gasteiger partial charge in [0, 0.05) is 13.1 Å². The number of ether oxygens (including phenoxy) is 2. The molecule has 3 rings (SSSR count). The normalized spacial score (nSPS) is 18.3. The third kappa shape index (κ3) is 4.04. The van der Waals surface area contributed by atoms with Gasteiger partial charge in [0.1, 0.15) is 0 Å². The second-order valence-corrected chi connectivity index (χ2v) is 6.77. The van der Waals surface area contributed by atoms with Crippen LogP contribution >= 0.6 is 12.4 Å². The summed E-state index contributed by atoms with van der Waals surface area (Å²) in [4.78, 5) is 14.8. The van der Waals surface area contributed by atoms with Gasteiger partial charge in [-0.25, -0.2) is 0 Å². The van der Waals surface area contributed by atoms with E-state index in [4.69, 9.17) is 15.2 Å². The molecule has 1 heterocycles. The van der Waals surface area contributed by atoms with E-state index in [0.29, 0.717) is 19.8 Å². The molecule has 1 aromatic carbocycles. The van der Waals surface area contributed by atoms with Crippen LogP contribution in [0.5, 0.6) is 11.5 Å². The quantitative estimate of drug-likeness (QED) is 0.867. The van der Waals surface area contributed by atoms with Crippen molar-refractivity contribution >= 4 is 18.3 Å². The van der Waals surface area contributed by atoms with Crippen molar-refractivity contribution in [2.45, 2.75) is 58.0 Å². The van der Waals surface area contributed by atoms with Crippen molar-refractivity contribution in [3.63, 3.8) is 0 Å². The topological polar surface area (TPSA) is 64.8 Å². The molecule has 1 aromatic rings. The highest BCUT2D eigenvalue weighted by Gasteiger charge is 2.40. The summed E-state index contributed by atoms with van der Waals surface area (Å²) in [6.07, 6.45) is 4.56. The first-order chi connectivity index (χ1) is 11.6. The smallest absolute Gasteiger partial charge is 0.242 e. The number of amides is 1. The molecule has 0 aromatic heterocycles. The molecule has 1 aliphatic heterocycles. The van der Waals surface area contributed by atoms with Crippen LogP contribution in [-0.2, 0) is 17.8 Å². The van der Waals surface area contributed by atoms with Crippen molar-refractivity contribution in [1.82, 2.24) is 4.90 Å². The molecule has 1 saturated carbocycles. The largest absolute Gasteiger partial charge is 0.490 e. The van der Waals surface area contributed by atoms with Crippen LogP contribution in [0.4, 0.5) is 0 Å².